The van der Waals surface area contributed by atoms with Gasteiger partial charge in [0, 0.05) is 10.0 Å². The summed E-state index contributed by atoms with van der Waals surface area (Å²) in [4.78, 5) is 11.7. The minimum Gasteiger partial charge on any atom is -0.293 e. The topological polar surface area (TPSA) is 17.1 Å². The average molecular weight is 320 g/mol. The third kappa shape index (κ3) is 2.45. The van der Waals surface area contributed by atoms with Crippen LogP contribution in [0.5, 0.6) is 0 Å². The summed E-state index contributed by atoms with van der Waals surface area (Å²) in [5.41, 5.74) is 2.87. The van der Waals surface area contributed by atoms with Gasteiger partial charge in [-0.1, -0.05) is 31.9 Å². The fourth-order valence-corrected chi connectivity index (χ4v) is 2.41. The molecular weight excluding hydrogens is 308 g/mol. The van der Waals surface area contributed by atoms with Crippen molar-refractivity contribution in [1.82, 2.24) is 0 Å². The Bertz CT molecular complexity index is 347. The fourth-order valence-electron chi connectivity index (χ4n) is 1.50. The normalized spacial score (nSPS) is 12.6. The lowest BCUT2D eigenvalue weighted by atomic mass is 9.98. The number of Topliss-reactive ketones (excluding diaryl/α,β-unsaturated/α-hetero) is 1. The molecule has 3 heteroatoms. The summed E-state index contributed by atoms with van der Waals surface area (Å²) in [6.07, 6.45) is 0. The molecule has 0 aliphatic rings. The molecule has 0 saturated carbocycles. The Balaban J connectivity index is 3.28. The van der Waals surface area contributed by atoms with E-state index in [2.05, 4.69) is 31.9 Å². The summed E-state index contributed by atoms with van der Waals surface area (Å²) in [6.45, 7) is 5.77. The molecule has 0 aromatic heterocycles. The van der Waals surface area contributed by atoms with Gasteiger partial charge in [-0.2, -0.15) is 0 Å². The second-order valence-corrected chi connectivity index (χ2v) is 5.68. The number of halogens is 2. The predicted octanol–water partition coefficient (Wildman–Crippen LogP) is 4.03. The summed E-state index contributed by atoms with van der Waals surface area (Å²) < 4.78 is 1.02. The summed E-state index contributed by atoms with van der Waals surface area (Å²) in [5, 5.41) is 0. The second kappa shape index (κ2) is 4.58. The van der Waals surface area contributed by atoms with E-state index in [1.807, 2.05) is 32.9 Å². The molecule has 0 radical (unpaired) electrons. The third-order valence-corrected chi connectivity index (χ3v) is 2.98. The number of carbonyl (C=O) groups excluding carboxylic acids is 1. The summed E-state index contributed by atoms with van der Waals surface area (Å²) in [6, 6.07) is 3.94. The van der Waals surface area contributed by atoms with E-state index in [0.717, 1.165) is 21.2 Å². The van der Waals surface area contributed by atoms with Crippen molar-refractivity contribution in [2.24, 2.45) is 0 Å². The first-order chi connectivity index (χ1) is 6.43. The number of aryl methyl sites for hydroxylation is 2. The van der Waals surface area contributed by atoms with E-state index < -0.39 is 0 Å². The highest BCUT2D eigenvalue weighted by atomic mass is 79.9. The largest absolute Gasteiger partial charge is 0.293 e. The van der Waals surface area contributed by atoms with E-state index in [0.29, 0.717) is 0 Å². The van der Waals surface area contributed by atoms with Crippen LogP contribution in [0.1, 0.15) is 28.4 Å². The van der Waals surface area contributed by atoms with Gasteiger partial charge in [-0.05, 0) is 44.0 Å². The second-order valence-electron chi connectivity index (χ2n) is 3.39. The van der Waals surface area contributed by atoms with Crippen LogP contribution in [-0.2, 0) is 0 Å². The highest BCUT2D eigenvalue weighted by Crippen LogP contribution is 2.23. The minimum atomic E-state index is -0.124. The van der Waals surface area contributed by atoms with E-state index >= 15 is 0 Å². The Labute approximate surface area is 101 Å². The molecule has 1 aromatic carbocycles. The van der Waals surface area contributed by atoms with Crippen molar-refractivity contribution < 1.29 is 4.79 Å². The molecule has 0 aliphatic carbocycles. The Morgan fingerprint density at radius 3 is 2.07 bits per heavy atom. The van der Waals surface area contributed by atoms with Crippen molar-refractivity contribution in [3.05, 3.63) is 33.3 Å². The van der Waals surface area contributed by atoms with Gasteiger partial charge in [-0.3, -0.25) is 4.79 Å². The van der Waals surface area contributed by atoms with Crippen molar-refractivity contribution in [3.63, 3.8) is 0 Å². The Morgan fingerprint density at radius 1 is 1.29 bits per heavy atom. The first-order valence-corrected chi connectivity index (χ1v) is 6.09. The van der Waals surface area contributed by atoms with E-state index in [4.69, 9.17) is 0 Å². The van der Waals surface area contributed by atoms with Crippen LogP contribution in [0.15, 0.2) is 16.6 Å². The van der Waals surface area contributed by atoms with Gasteiger partial charge >= 0.3 is 0 Å². The van der Waals surface area contributed by atoms with Gasteiger partial charge in [0.1, 0.15) is 0 Å². The van der Waals surface area contributed by atoms with Crippen LogP contribution in [0, 0.1) is 13.8 Å². The number of alkyl halides is 1. The third-order valence-electron chi connectivity index (χ3n) is 2.11. The molecule has 0 heterocycles. The van der Waals surface area contributed by atoms with Crippen molar-refractivity contribution in [1.29, 1.82) is 0 Å². The SMILES string of the molecule is Cc1cc(Br)cc(C)c1C(=O)C(C)Br. The first-order valence-electron chi connectivity index (χ1n) is 4.38. The van der Waals surface area contributed by atoms with Crippen LogP contribution in [0.4, 0.5) is 0 Å². The van der Waals surface area contributed by atoms with Gasteiger partial charge < -0.3 is 0 Å². The van der Waals surface area contributed by atoms with Crippen LogP contribution in [-0.4, -0.2) is 10.6 Å². The summed E-state index contributed by atoms with van der Waals surface area (Å²) in [7, 11) is 0. The maximum Gasteiger partial charge on any atom is 0.176 e. The molecule has 0 spiro atoms. The molecule has 14 heavy (non-hydrogen) atoms. The number of rotatable bonds is 2. The number of carbonyl (C=O) groups is 1. The number of benzene rings is 1. The maximum atomic E-state index is 11.8. The molecule has 0 amide bonds. The maximum absolute atomic E-state index is 11.8. The molecule has 1 nitrogen and oxygen atoms in total. The van der Waals surface area contributed by atoms with Crippen LogP contribution in [0.25, 0.3) is 0 Å². The first kappa shape index (κ1) is 11.9. The van der Waals surface area contributed by atoms with Crippen LogP contribution < -0.4 is 0 Å². The zero-order valence-electron chi connectivity index (χ0n) is 8.40. The lowest BCUT2D eigenvalue weighted by molar-refractivity contribution is 0.0994. The van der Waals surface area contributed by atoms with Crippen molar-refractivity contribution in [2.45, 2.75) is 25.6 Å². The van der Waals surface area contributed by atoms with E-state index in [1.165, 1.54) is 0 Å². The minimum absolute atomic E-state index is 0.124. The highest BCUT2D eigenvalue weighted by Gasteiger charge is 2.16. The van der Waals surface area contributed by atoms with Crippen molar-refractivity contribution in [3.8, 4) is 0 Å². The van der Waals surface area contributed by atoms with Crippen LogP contribution in [0.3, 0.4) is 0 Å². The monoisotopic (exact) mass is 318 g/mol. The zero-order valence-corrected chi connectivity index (χ0v) is 11.6. The average Bonchev–Trinajstić information content (AvgIpc) is 2.01. The van der Waals surface area contributed by atoms with Crippen molar-refractivity contribution in [2.75, 3.05) is 0 Å². The molecule has 76 valence electrons. The van der Waals surface area contributed by atoms with Crippen LogP contribution >= 0.6 is 31.9 Å². The molecule has 1 aromatic rings. The lowest BCUT2D eigenvalue weighted by Crippen LogP contribution is -2.13. The standard InChI is InChI=1S/C11H12Br2O/c1-6-4-9(13)5-7(2)10(6)11(14)8(3)12/h4-5,8H,1-3H3. The summed E-state index contributed by atoms with van der Waals surface area (Å²) >= 11 is 6.71. The molecule has 0 fully saturated rings. The molecule has 0 bridgehead atoms. The number of ketones is 1. The lowest BCUT2D eigenvalue weighted by Gasteiger charge is -2.10. The van der Waals surface area contributed by atoms with E-state index in [-0.39, 0.29) is 10.6 Å². The van der Waals surface area contributed by atoms with Gasteiger partial charge in [0.15, 0.2) is 5.78 Å². The highest BCUT2D eigenvalue weighted by molar-refractivity contribution is 9.10. The number of hydrogen-bond acceptors (Lipinski definition) is 1. The number of hydrogen-bond donors (Lipinski definition) is 0. The molecule has 0 saturated heterocycles. The molecule has 0 aliphatic heterocycles. The predicted molar refractivity (Wildman–Crippen MR) is 66.3 cm³/mol. The molecule has 1 unspecified atom stereocenters. The van der Waals surface area contributed by atoms with Gasteiger partial charge in [-0.25, -0.2) is 0 Å². The van der Waals surface area contributed by atoms with Gasteiger partial charge in [0.25, 0.3) is 0 Å². The fraction of sp³-hybridized carbons (Fsp3) is 0.364. The van der Waals surface area contributed by atoms with Gasteiger partial charge in [0.05, 0.1) is 4.83 Å². The molecule has 1 atom stereocenters. The van der Waals surface area contributed by atoms with E-state index in [9.17, 15) is 4.79 Å². The molecule has 0 N–H and O–H groups in total. The Hall–Kier alpha value is -0.150. The quantitative estimate of drug-likeness (QED) is 0.594. The zero-order chi connectivity index (χ0) is 10.9. The van der Waals surface area contributed by atoms with Gasteiger partial charge in [-0.15, -0.1) is 0 Å². The molecular formula is C11H12Br2O. The van der Waals surface area contributed by atoms with Crippen LogP contribution in [0.2, 0.25) is 0 Å². The Kier molecular flexibility index (Phi) is 3.90. The van der Waals surface area contributed by atoms with E-state index in [1.54, 1.807) is 0 Å². The smallest absolute Gasteiger partial charge is 0.176 e. The van der Waals surface area contributed by atoms with Gasteiger partial charge in [0.2, 0.25) is 0 Å². The molecule has 1 rings (SSSR count). The summed E-state index contributed by atoms with van der Waals surface area (Å²) in [5.74, 6) is 0.146. The Morgan fingerprint density at radius 2 is 1.71 bits per heavy atom. The van der Waals surface area contributed by atoms with Crippen molar-refractivity contribution >= 4 is 37.6 Å².